The smallest absolute Gasteiger partial charge is 0.372 e. The van der Waals surface area contributed by atoms with Crippen molar-refractivity contribution in [2.24, 2.45) is 0 Å². The zero-order valence-corrected chi connectivity index (χ0v) is 10.3. The summed E-state index contributed by atoms with van der Waals surface area (Å²) in [5.74, 6) is -1.25. The predicted octanol–water partition coefficient (Wildman–Crippen LogP) is 2.33. The lowest BCUT2D eigenvalue weighted by Gasteiger charge is -2.06. The van der Waals surface area contributed by atoms with Crippen LogP contribution in [-0.4, -0.2) is 11.1 Å². The Morgan fingerprint density at radius 1 is 1.25 bits per heavy atom. The lowest BCUT2D eigenvalue weighted by atomic mass is 10.1. The lowest BCUT2D eigenvalue weighted by Crippen LogP contribution is -2.05. The number of carboxylic acid groups (broad SMARTS) is 1. The molecular formula is C14H9N3O3. The molecular weight excluding hydrogens is 258 g/mol. The van der Waals surface area contributed by atoms with E-state index in [2.05, 4.69) is 5.32 Å². The number of carbonyl (C=O) groups is 1. The summed E-state index contributed by atoms with van der Waals surface area (Å²) >= 11 is 0. The van der Waals surface area contributed by atoms with Crippen molar-refractivity contribution in [2.75, 3.05) is 5.32 Å². The number of anilines is 1. The second-order valence-electron chi connectivity index (χ2n) is 3.92. The molecule has 2 aromatic rings. The van der Waals surface area contributed by atoms with E-state index in [-0.39, 0.29) is 17.9 Å². The largest absolute Gasteiger partial charge is 0.475 e. The van der Waals surface area contributed by atoms with Crippen molar-refractivity contribution in [2.45, 2.75) is 6.54 Å². The number of nitrogens with zero attached hydrogens (tertiary/aromatic N) is 2. The summed E-state index contributed by atoms with van der Waals surface area (Å²) in [7, 11) is 0. The number of carboxylic acids is 1. The number of hydrogen-bond donors (Lipinski definition) is 2. The third-order valence-corrected chi connectivity index (χ3v) is 2.68. The minimum atomic E-state index is -1.13. The van der Waals surface area contributed by atoms with E-state index in [0.717, 1.165) is 0 Å². The second-order valence-corrected chi connectivity index (χ2v) is 3.92. The van der Waals surface area contributed by atoms with Crippen LogP contribution in [0.5, 0.6) is 0 Å². The lowest BCUT2D eigenvalue weighted by molar-refractivity contribution is 0.0661. The molecule has 6 nitrogen and oxygen atoms in total. The van der Waals surface area contributed by atoms with Gasteiger partial charge in [-0.25, -0.2) is 4.79 Å². The minimum absolute atomic E-state index is 0.119. The number of benzene rings is 1. The molecule has 0 radical (unpaired) electrons. The van der Waals surface area contributed by atoms with E-state index >= 15 is 0 Å². The molecule has 0 spiro atoms. The van der Waals surface area contributed by atoms with Gasteiger partial charge < -0.3 is 14.8 Å². The standard InChI is InChI=1S/C14H9N3O3/c15-6-9-1-2-12(5-11(9)7-16)17-8-10-3-4-20-13(10)14(18)19/h1-5,17H,8H2,(H,18,19). The molecule has 0 bridgehead atoms. The Morgan fingerprint density at radius 2 is 2.00 bits per heavy atom. The van der Waals surface area contributed by atoms with Crippen molar-refractivity contribution in [1.29, 1.82) is 10.5 Å². The molecule has 0 aliphatic rings. The fourth-order valence-electron chi connectivity index (χ4n) is 1.70. The van der Waals surface area contributed by atoms with Crippen molar-refractivity contribution >= 4 is 11.7 Å². The van der Waals surface area contributed by atoms with E-state index in [9.17, 15) is 4.79 Å². The van der Waals surface area contributed by atoms with E-state index in [1.807, 2.05) is 12.1 Å². The van der Waals surface area contributed by atoms with E-state index in [1.54, 1.807) is 18.2 Å². The topological polar surface area (TPSA) is 110 Å². The van der Waals surface area contributed by atoms with Gasteiger partial charge in [0.05, 0.1) is 17.4 Å². The second kappa shape index (κ2) is 5.59. The molecule has 0 aliphatic carbocycles. The van der Waals surface area contributed by atoms with Crippen LogP contribution in [0.25, 0.3) is 0 Å². The molecule has 1 aromatic carbocycles. The first-order valence-electron chi connectivity index (χ1n) is 5.63. The highest BCUT2D eigenvalue weighted by molar-refractivity contribution is 5.86. The van der Waals surface area contributed by atoms with Crippen LogP contribution in [0.1, 0.15) is 27.2 Å². The number of aromatic carboxylic acids is 1. The van der Waals surface area contributed by atoms with Crippen LogP contribution in [0.15, 0.2) is 34.9 Å². The van der Waals surface area contributed by atoms with E-state index < -0.39 is 5.97 Å². The SMILES string of the molecule is N#Cc1ccc(NCc2ccoc2C(=O)O)cc1C#N. The highest BCUT2D eigenvalue weighted by Crippen LogP contribution is 2.17. The summed E-state index contributed by atoms with van der Waals surface area (Å²) in [5.41, 5.74) is 1.69. The molecule has 0 fully saturated rings. The molecule has 0 saturated carbocycles. The van der Waals surface area contributed by atoms with Crippen LogP contribution < -0.4 is 5.32 Å². The number of furan rings is 1. The number of nitrogens with one attached hydrogen (secondary N) is 1. The van der Waals surface area contributed by atoms with Gasteiger partial charge in [0.2, 0.25) is 5.76 Å². The molecule has 1 aromatic heterocycles. The van der Waals surface area contributed by atoms with Crippen LogP contribution >= 0.6 is 0 Å². The van der Waals surface area contributed by atoms with Crippen LogP contribution in [0.2, 0.25) is 0 Å². The van der Waals surface area contributed by atoms with Crippen LogP contribution in [0, 0.1) is 22.7 Å². The normalized spacial score (nSPS) is 9.50. The molecule has 0 saturated heterocycles. The molecule has 2 N–H and O–H groups in total. The summed E-state index contributed by atoms with van der Waals surface area (Å²) in [6.07, 6.45) is 1.31. The maximum absolute atomic E-state index is 10.9. The fourth-order valence-corrected chi connectivity index (χ4v) is 1.70. The highest BCUT2D eigenvalue weighted by Gasteiger charge is 2.13. The van der Waals surface area contributed by atoms with Crippen LogP contribution in [-0.2, 0) is 6.54 Å². The van der Waals surface area contributed by atoms with E-state index in [0.29, 0.717) is 16.8 Å². The predicted molar refractivity (Wildman–Crippen MR) is 68.9 cm³/mol. The zero-order valence-electron chi connectivity index (χ0n) is 10.3. The molecule has 1 heterocycles. The Kier molecular flexibility index (Phi) is 3.69. The Bertz CT molecular complexity index is 735. The first-order valence-corrected chi connectivity index (χ1v) is 5.63. The fraction of sp³-hybridized carbons (Fsp3) is 0.0714. The van der Waals surface area contributed by atoms with Gasteiger partial charge in [0.15, 0.2) is 0 Å². The first kappa shape index (κ1) is 13.2. The summed E-state index contributed by atoms with van der Waals surface area (Å²) in [4.78, 5) is 10.9. The van der Waals surface area contributed by atoms with Crippen molar-refractivity contribution in [3.63, 3.8) is 0 Å². The monoisotopic (exact) mass is 267 g/mol. The van der Waals surface area contributed by atoms with Gasteiger partial charge in [-0.3, -0.25) is 0 Å². The van der Waals surface area contributed by atoms with Crippen molar-refractivity contribution in [1.82, 2.24) is 0 Å². The van der Waals surface area contributed by atoms with Gasteiger partial charge in [-0.2, -0.15) is 10.5 Å². The zero-order chi connectivity index (χ0) is 14.5. The van der Waals surface area contributed by atoms with Gasteiger partial charge >= 0.3 is 5.97 Å². The van der Waals surface area contributed by atoms with Gasteiger partial charge in [-0.15, -0.1) is 0 Å². The third-order valence-electron chi connectivity index (χ3n) is 2.68. The molecule has 0 aliphatic heterocycles. The van der Waals surface area contributed by atoms with Crippen molar-refractivity contribution in [3.8, 4) is 12.1 Å². The molecule has 2 rings (SSSR count). The summed E-state index contributed by atoms with van der Waals surface area (Å²) in [6.45, 7) is 0.245. The number of hydrogen-bond acceptors (Lipinski definition) is 5. The average Bonchev–Trinajstić information content (AvgIpc) is 2.93. The van der Waals surface area contributed by atoms with Crippen molar-refractivity contribution in [3.05, 3.63) is 53.0 Å². The Morgan fingerprint density at radius 3 is 2.65 bits per heavy atom. The van der Waals surface area contributed by atoms with Gasteiger partial charge in [0, 0.05) is 17.8 Å². The summed E-state index contributed by atoms with van der Waals surface area (Å²) in [6, 6.07) is 10.1. The molecule has 0 amide bonds. The number of rotatable bonds is 4. The maximum atomic E-state index is 10.9. The number of nitriles is 2. The molecule has 0 atom stereocenters. The molecule has 20 heavy (non-hydrogen) atoms. The highest BCUT2D eigenvalue weighted by atomic mass is 16.4. The van der Waals surface area contributed by atoms with E-state index in [1.165, 1.54) is 12.3 Å². The summed E-state index contributed by atoms with van der Waals surface area (Å²) in [5, 5.41) is 29.6. The average molecular weight is 267 g/mol. The van der Waals surface area contributed by atoms with Crippen molar-refractivity contribution < 1.29 is 14.3 Å². The quantitative estimate of drug-likeness (QED) is 0.879. The van der Waals surface area contributed by atoms with Gasteiger partial charge in [-0.1, -0.05) is 0 Å². The molecule has 98 valence electrons. The third kappa shape index (κ3) is 2.60. The van der Waals surface area contributed by atoms with Crippen LogP contribution in [0.4, 0.5) is 5.69 Å². The molecule has 0 unspecified atom stereocenters. The minimum Gasteiger partial charge on any atom is -0.475 e. The maximum Gasteiger partial charge on any atom is 0.372 e. The summed E-state index contributed by atoms with van der Waals surface area (Å²) < 4.78 is 4.86. The van der Waals surface area contributed by atoms with E-state index in [4.69, 9.17) is 20.0 Å². The van der Waals surface area contributed by atoms with Crippen LogP contribution in [0.3, 0.4) is 0 Å². The van der Waals surface area contributed by atoms with Gasteiger partial charge in [0.1, 0.15) is 12.1 Å². The Balaban J connectivity index is 2.16. The molecule has 6 heteroatoms. The Hall–Kier alpha value is -3.25. The first-order chi connectivity index (χ1) is 9.65. The van der Waals surface area contributed by atoms with Gasteiger partial charge in [-0.05, 0) is 24.3 Å². The Labute approximate surface area is 114 Å². The van der Waals surface area contributed by atoms with Gasteiger partial charge in [0.25, 0.3) is 0 Å².